The van der Waals surface area contributed by atoms with Gasteiger partial charge in [0.2, 0.25) is 5.88 Å². The van der Waals surface area contributed by atoms with E-state index in [1.807, 2.05) is 30.3 Å². The number of nitrogens with zero attached hydrogens (tertiary/aromatic N) is 1. The van der Waals surface area contributed by atoms with Crippen LogP contribution in [0.2, 0.25) is 0 Å². The third-order valence-electron chi connectivity index (χ3n) is 3.27. The molecule has 0 spiro atoms. The number of aromatic nitrogens is 1. The van der Waals surface area contributed by atoms with Crippen LogP contribution in [0.3, 0.4) is 0 Å². The third kappa shape index (κ3) is 4.11. The summed E-state index contributed by atoms with van der Waals surface area (Å²) in [7, 11) is 0. The fraction of sp³-hybridized carbons (Fsp3) is 0.0500. The number of pyridine rings is 1. The van der Waals surface area contributed by atoms with E-state index in [4.69, 9.17) is 4.74 Å². The average Bonchev–Trinajstić information content (AvgIpc) is 2.62. The highest BCUT2D eigenvalue weighted by Crippen LogP contribution is 2.20. The Morgan fingerprint density at radius 2 is 1.75 bits per heavy atom. The Morgan fingerprint density at radius 3 is 2.50 bits per heavy atom. The van der Waals surface area contributed by atoms with Crippen molar-refractivity contribution < 1.29 is 14.2 Å². The van der Waals surface area contributed by atoms with Gasteiger partial charge in [0.15, 0.2) is 0 Å². The van der Waals surface area contributed by atoms with Gasteiger partial charge in [-0.15, -0.1) is 0 Å². The quantitative estimate of drug-likeness (QED) is 0.744. The zero-order valence-electron chi connectivity index (χ0n) is 12.7. The summed E-state index contributed by atoms with van der Waals surface area (Å²) in [6, 6.07) is 17.1. The topological polar surface area (TPSA) is 42.4 Å². The van der Waals surface area contributed by atoms with Gasteiger partial charge in [-0.1, -0.05) is 42.2 Å². The molecule has 4 heteroatoms. The standard InChI is InChI=1S/C20H14FNO2/c21-18-10-7-15(8-11-18)6-9-17-12-20(22-13-19(17)23)24-14-16-4-2-1-3-5-16/h1-5,7-8,10-13,23H,14H2. The molecule has 0 bridgehead atoms. The van der Waals surface area contributed by atoms with Crippen LogP contribution >= 0.6 is 0 Å². The van der Waals surface area contributed by atoms with E-state index in [-0.39, 0.29) is 11.6 Å². The van der Waals surface area contributed by atoms with Gasteiger partial charge in [0.1, 0.15) is 18.2 Å². The highest BCUT2D eigenvalue weighted by Gasteiger charge is 2.03. The molecule has 0 aliphatic rings. The van der Waals surface area contributed by atoms with E-state index in [2.05, 4.69) is 16.8 Å². The Morgan fingerprint density at radius 1 is 1.00 bits per heavy atom. The molecule has 0 fully saturated rings. The number of aromatic hydroxyl groups is 1. The lowest BCUT2D eigenvalue weighted by Crippen LogP contribution is -1.97. The van der Waals surface area contributed by atoms with Crippen molar-refractivity contribution in [2.75, 3.05) is 0 Å². The second-order valence-corrected chi connectivity index (χ2v) is 5.07. The van der Waals surface area contributed by atoms with Crippen LogP contribution < -0.4 is 4.74 Å². The summed E-state index contributed by atoms with van der Waals surface area (Å²) in [5, 5.41) is 9.86. The zero-order chi connectivity index (χ0) is 16.8. The smallest absolute Gasteiger partial charge is 0.215 e. The summed E-state index contributed by atoms with van der Waals surface area (Å²) in [6.45, 7) is 0.378. The zero-order valence-corrected chi connectivity index (χ0v) is 12.7. The van der Waals surface area contributed by atoms with Gasteiger partial charge < -0.3 is 9.84 Å². The largest absolute Gasteiger partial charge is 0.505 e. The Balaban J connectivity index is 1.75. The summed E-state index contributed by atoms with van der Waals surface area (Å²) in [5.74, 6) is 5.74. The van der Waals surface area contributed by atoms with Gasteiger partial charge in [-0.05, 0) is 29.8 Å². The maximum Gasteiger partial charge on any atom is 0.215 e. The number of rotatable bonds is 3. The van der Waals surface area contributed by atoms with Crippen LogP contribution in [0.1, 0.15) is 16.7 Å². The first-order valence-corrected chi connectivity index (χ1v) is 7.34. The van der Waals surface area contributed by atoms with Gasteiger partial charge in [-0.25, -0.2) is 9.37 Å². The molecule has 0 atom stereocenters. The van der Waals surface area contributed by atoms with Gasteiger partial charge in [0.25, 0.3) is 0 Å². The summed E-state index contributed by atoms with van der Waals surface area (Å²) in [4.78, 5) is 4.03. The second kappa shape index (κ2) is 7.30. The SMILES string of the molecule is Oc1cnc(OCc2ccccc2)cc1C#Cc1ccc(F)cc1. The molecule has 0 amide bonds. The van der Waals surface area contributed by atoms with Gasteiger partial charge >= 0.3 is 0 Å². The predicted octanol–water partition coefficient (Wildman–Crippen LogP) is 3.91. The molecule has 0 saturated carbocycles. The van der Waals surface area contributed by atoms with Crippen LogP contribution in [0.15, 0.2) is 66.9 Å². The number of ether oxygens (including phenoxy) is 1. The van der Waals surface area contributed by atoms with Crippen molar-refractivity contribution in [1.29, 1.82) is 0 Å². The van der Waals surface area contributed by atoms with E-state index in [9.17, 15) is 9.50 Å². The van der Waals surface area contributed by atoms with Crippen LogP contribution in [0.25, 0.3) is 0 Å². The molecular formula is C20H14FNO2. The normalized spacial score (nSPS) is 9.88. The lowest BCUT2D eigenvalue weighted by atomic mass is 10.2. The monoisotopic (exact) mass is 319 g/mol. The van der Waals surface area contributed by atoms with E-state index in [0.29, 0.717) is 23.6 Å². The fourth-order valence-corrected chi connectivity index (χ4v) is 2.01. The van der Waals surface area contributed by atoms with Crippen molar-refractivity contribution in [3.63, 3.8) is 0 Å². The van der Waals surface area contributed by atoms with Crippen molar-refractivity contribution in [2.24, 2.45) is 0 Å². The summed E-state index contributed by atoms with van der Waals surface area (Å²) in [5.41, 5.74) is 2.07. The molecule has 1 aromatic heterocycles. The minimum Gasteiger partial charge on any atom is -0.505 e. The summed E-state index contributed by atoms with van der Waals surface area (Å²) >= 11 is 0. The molecule has 24 heavy (non-hydrogen) atoms. The Labute approximate surface area is 139 Å². The highest BCUT2D eigenvalue weighted by molar-refractivity contribution is 5.49. The van der Waals surface area contributed by atoms with E-state index in [0.717, 1.165) is 5.56 Å². The van der Waals surface area contributed by atoms with Gasteiger partial charge in [-0.3, -0.25) is 0 Å². The summed E-state index contributed by atoms with van der Waals surface area (Å²) < 4.78 is 18.5. The molecule has 0 aliphatic heterocycles. The minimum atomic E-state index is -0.316. The number of hydrogen-bond donors (Lipinski definition) is 1. The first-order chi connectivity index (χ1) is 11.7. The lowest BCUT2D eigenvalue weighted by Gasteiger charge is -2.06. The minimum absolute atomic E-state index is 0.0309. The molecule has 3 nitrogen and oxygen atoms in total. The molecule has 118 valence electrons. The molecular weight excluding hydrogens is 305 g/mol. The third-order valence-corrected chi connectivity index (χ3v) is 3.27. The van der Waals surface area contributed by atoms with Crippen molar-refractivity contribution in [2.45, 2.75) is 6.61 Å². The van der Waals surface area contributed by atoms with E-state index in [1.54, 1.807) is 18.2 Å². The average molecular weight is 319 g/mol. The van der Waals surface area contributed by atoms with Crippen LogP contribution in [0.5, 0.6) is 11.6 Å². The molecule has 0 aliphatic carbocycles. The number of hydrogen-bond acceptors (Lipinski definition) is 3. The lowest BCUT2D eigenvalue weighted by molar-refractivity contribution is 0.293. The molecule has 0 radical (unpaired) electrons. The first-order valence-electron chi connectivity index (χ1n) is 7.34. The van der Waals surface area contributed by atoms with Gasteiger partial charge in [0, 0.05) is 11.6 Å². The molecule has 0 saturated heterocycles. The fourth-order valence-electron chi connectivity index (χ4n) is 2.01. The van der Waals surface area contributed by atoms with Gasteiger partial charge in [0.05, 0.1) is 11.8 Å². The van der Waals surface area contributed by atoms with E-state index >= 15 is 0 Å². The second-order valence-electron chi connectivity index (χ2n) is 5.07. The molecule has 0 unspecified atom stereocenters. The number of benzene rings is 2. The highest BCUT2D eigenvalue weighted by atomic mass is 19.1. The molecule has 2 aromatic carbocycles. The van der Waals surface area contributed by atoms with Gasteiger partial charge in [-0.2, -0.15) is 0 Å². The molecule has 1 heterocycles. The summed E-state index contributed by atoms with van der Waals surface area (Å²) in [6.07, 6.45) is 1.30. The van der Waals surface area contributed by atoms with Crippen LogP contribution in [-0.4, -0.2) is 10.1 Å². The predicted molar refractivity (Wildman–Crippen MR) is 89.1 cm³/mol. The van der Waals surface area contributed by atoms with Crippen LogP contribution in [0, 0.1) is 17.7 Å². The number of halogens is 1. The maximum atomic E-state index is 12.9. The Kier molecular flexibility index (Phi) is 4.73. The molecule has 3 rings (SSSR count). The Hall–Kier alpha value is -3.32. The van der Waals surface area contributed by atoms with E-state index in [1.165, 1.54) is 18.3 Å². The maximum absolute atomic E-state index is 12.9. The van der Waals surface area contributed by atoms with Crippen molar-refractivity contribution >= 4 is 0 Å². The molecule has 3 aromatic rings. The van der Waals surface area contributed by atoms with Crippen molar-refractivity contribution in [3.05, 3.63) is 89.4 Å². The Bertz CT molecular complexity index is 881. The van der Waals surface area contributed by atoms with Crippen molar-refractivity contribution in [3.8, 4) is 23.5 Å². The first kappa shape index (κ1) is 15.6. The van der Waals surface area contributed by atoms with E-state index < -0.39 is 0 Å². The van der Waals surface area contributed by atoms with Crippen molar-refractivity contribution in [1.82, 2.24) is 4.98 Å². The molecule has 1 N–H and O–H groups in total. The van der Waals surface area contributed by atoms with Crippen LogP contribution in [0.4, 0.5) is 4.39 Å². The van der Waals surface area contributed by atoms with Crippen LogP contribution in [-0.2, 0) is 6.61 Å².